The SMILES string of the molecule is CS(=O)(=O)NCc1cnn(-c2ccccc2)c1. The molecule has 17 heavy (non-hydrogen) atoms. The van der Waals surface area contributed by atoms with Crippen LogP contribution in [0.4, 0.5) is 0 Å². The van der Waals surface area contributed by atoms with Gasteiger partial charge >= 0.3 is 0 Å². The second-order valence-corrected chi connectivity index (χ2v) is 5.55. The Bertz CT molecular complexity index is 590. The highest BCUT2D eigenvalue weighted by molar-refractivity contribution is 7.88. The molecule has 5 nitrogen and oxygen atoms in total. The van der Waals surface area contributed by atoms with Crippen LogP contribution in [-0.4, -0.2) is 24.5 Å². The van der Waals surface area contributed by atoms with Crippen molar-refractivity contribution in [3.8, 4) is 5.69 Å². The number of benzene rings is 1. The zero-order chi connectivity index (χ0) is 12.3. The number of hydrogen-bond acceptors (Lipinski definition) is 3. The lowest BCUT2D eigenvalue weighted by Crippen LogP contribution is -2.20. The molecule has 1 aromatic carbocycles. The highest BCUT2D eigenvalue weighted by Crippen LogP contribution is 2.07. The van der Waals surface area contributed by atoms with Crippen LogP contribution in [0.3, 0.4) is 0 Å². The molecule has 0 bridgehead atoms. The summed E-state index contributed by atoms with van der Waals surface area (Å²) in [4.78, 5) is 0. The first-order chi connectivity index (χ1) is 8.04. The molecule has 0 saturated heterocycles. The molecule has 0 aliphatic carbocycles. The van der Waals surface area contributed by atoms with Gasteiger partial charge in [-0.3, -0.25) is 0 Å². The number of aromatic nitrogens is 2. The molecule has 0 spiro atoms. The van der Waals surface area contributed by atoms with Gasteiger partial charge in [-0.2, -0.15) is 5.10 Å². The molecule has 0 atom stereocenters. The number of rotatable bonds is 4. The number of sulfonamides is 1. The summed E-state index contributed by atoms with van der Waals surface area (Å²) in [5.41, 5.74) is 1.76. The summed E-state index contributed by atoms with van der Waals surface area (Å²) in [5, 5.41) is 4.17. The minimum Gasteiger partial charge on any atom is -0.241 e. The van der Waals surface area contributed by atoms with Gasteiger partial charge in [-0.1, -0.05) is 18.2 Å². The van der Waals surface area contributed by atoms with Crippen molar-refractivity contribution in [2.75, 3.05) is 6.26 Å². The van der Waals surface area contributed by atoms with Crippen molar-refractivity contribution in [3.63, 3.8) is 0 Å². The molecule has 0 fully saturated rings. The van der Waals surface area contributed by atoms with E-state index in [9.17, 15) is 8.42 Å². The Hall–Kier alpha value is -1.66. The third kappa shape index (κ3) is 3.40. The van der Waals surface area contributed by atoms with Crippen molar-refractivity contribution in [2.45, 2.75) is 6.54 Å². The first-order valence-corrected chi connectivity index (χ1v) is 6.97. The highest BCUT2D eigenvalue weighted by Gasteiger charge is 2.04. The largest absolute Gasteiger partial charge is 0.241 e. The van der Waals surface area contributed by atoms with E-state index in [1.807, 2.05) is 30.3 Å². The van der Waals surface area contributed by atoms with Gasteiger partial charge in [0.05, 0.1) is 18.1 Å². The van der Waals surface area contributed by atoms with Crippen LogP contribution < -0.4 is 4.72 Å². The van der Waals surface area contributed by atoms with Gasteiger partial charge in [0.25, 0.3) is 0 Å². The summed E-state index contributed by atoms with van der Waals surface area (Å²) in [6, 6.07) is 9.64. The molecule has 0 radical (unpaired) electrons. The fourth-order valence-corrected chi connectivity index (χ4v) is 1.82. The van der Waals surface area contributed by atoms with E-state index in [1.165, 1.54) is 0 Å². The molecule has 0 amide bonds. The number of nitrogens with zero attached hydrogens (tertiary/aromatic N) is 2. The van der Waals surface area contributed by atoms with Gasteiger partial charge < -0.3 is 0 Å². The predicted molar refractivity (Wildman–Crippen MR) is 65.2 cm³/mol. The lowest BCUT2D eigenvalue weighted by Gasteiger charge is -2.00. The maximum Gasteiger partial charge on any atom is 0.209 e. The third-order valence-electron chi connectivity index (χ3n) is 2.20. The molecule has 6 heteroatoms. The normalized spacial score (nSPS) is 11.6. The van der Waals surface area contributed by atoms with E-state index in [2.05, 4.69) is 9.82 Å². The zero-order valence-electron chi connectivity index (χ0n) is 9.37. The Morgan fingerprint density at radius 3 is 2.65 bits per heavy atom. The fraction of sp³-hybridized carbons (Fsp3) is 0.182. The Morgan fingerprint density at radius 2 is 2.00 bits per heavy atom. The Kier molecular flexibility index (Phi) is 3.26. The van der Waals surface area contributed by atoms with Crippen LogP contribution in [0.5, 0.6) is 0 Å². The minimum absolute atomic E-state index is 0.256. The number of nitrogens with one attached hydrogen (secondary N) is 1. The van der Waals surface area contributed by atoms with Crippen molar-refractivity contribution in [1.82, 2.24) is 14.5 Å². The molecule has 2 rings (SSSR count). The molecular formula is C11H13N3O2S. The Balaban J connectivity index is 2.12. The summed E-state index contributed by atoms with van der Waals surface area (Å²) in [6.45, 7) is 0.256. The van der Waals surface area contributed by atoms with Gasteiger partial charge in [0, 0.05) is 18.3 Å². The first kappa shape index (κ1) is 11.8. The molecule has 0 aliphatic heterocycles. The average molecular weight is 251 g/mol. The molecule has 90 valence electrons. The molecule has 1 heterocycles. The molecule has 1 N–H and O–H groups in total. The highest BCUT2D eigenvalue weighted by atomic mass is 32.2. The van der Waals surface area contributed by atoms with E-state index in [0.717, 1.165) is 17.5 Å². The van der Waals surface area contributed by atoms with Gasteiger partial charge in [-0.15, -0.1) is 0 Å². The molecule has 0 saturated carbocycles. The van der Waals surface area contributed by atoms with Crippen molar-refractivity contribution in [2.24, 2.45) is 0 Å². The van der Waals surface area contributed by atoms with Crippen LogP contribution >= 0.6 is 0 Å². The predicted octanol–water partition coefficient (Wildman–Crippen LogP) is 0.921. The first-order valence-electron chi connectivity index (χ1n) is 5.08. The summed E-state index contributed by atoms with van der Waals surface area (Å²) >= 11 is 0. The monoisotopic (exact) mass is 251 g/mol. The van der Waals surface area contributed by atoms with E-state index >= 15 is 0 Å². The van der Waals surface area contributed by atoms with Crippen LogP contribution in [0.15, 0.2) is 42.7 Å². The Labute approximate surface area is 100 Å². The second-order valence-electron chi connectivity index (χ2n) is 3.72. The number of para-hydroxylation sites is 1. The average Bonchev–Trinajstić information content (AvgIpc) is 2.75. The maximum absolute atomic E-state index is 10.9. The van der Waals surface area contributed by atoms with Gasteiger partial charge in [0.2, 0.25) is 10.0 Å². The third-order valence-corrected chi connectivity index (χ3v) is 2.86. The summed E-state index contributed by atoms with van der Waals surface area (Å²) < 4.78 is 26.0. The standard InChI is InChI=1S/C11H13N3O2S/c1-17(15,16)13-8-10-7-12-14(9-10)11-5-3-2-4-6-11/h2-7,9,13H,8H2,1H3. The quantitative estimate of drug-likeness (QED) is 0.879. The molecular weight excluding hydrogens is 238 g/mol. The molecule has 1 aromatic heterocycles. The van der Waals surface area contributed by atoms with E-state index < -0.39 is 10.0 Å². The van der Waals surface area contributed by atoms with Crippen LogP contribution in [0, 0.1) is 0 Å². The van der Waals surface area contributed by atoms with Crippen molar-refractivity contribution in [1.29, 1.82) is 0 Å². The molecule has 2 aromatic rings. The van der Waals surface area contributed by atoms with Gasteiger partial charge in [-0.05, 0) is 12.1 Å². The topological polar surface area (TPSA) is 64.0 Å². The minimum atomic E-state index is -3.16. The van der Waals surface area contributed by atoms with E-state index in [1.54, 1.807) is 17.1 Å². The number of hydrogen-bond donors (Lipinski definition) is 1. The summed E-state index contributed by atoms with van der Waals surface area (Å²) in [5.74, 6) is 0. The lowest BCUT2D eigenvalue weighted by atomic mass is 10.3. The van der Waals surface area contributed by atoms with E-state index in [4.69, 9.17) is 0 Å². The van der Waals surface area contributed by atoms with Crippen LogP contribution in [0.2, 0.25) is 0 Å². The molecule has 0 aliphatic rings. The van der Waals surface area contributed by atoms with Crippen molar-refractivity contribution in [3.05, 3.63) is 48.3 Å². The summed E-state index contributed by atoms with van der Waals surface area (Å²) in [7, 11) is -3.16. The maximum atomic E-state index is 10.9. The van der Waals surface area contributed by atoms with Gasteiger partial charge in [0.15, 0.2) is 0 Å². The zero-order valence-corrected chi connectivity index (χ0v) is 10.2. The lowest BCUT2D eigenvalue weighted by molar-refractivity contribution is 0.587. The smallest absolute Gasteiger partial charge is 0.209 e. The van der Waals surface area contributed by atoms with Gasteiger partial charge in [-0.25, -0.2) is 17.8 Å². The summed E-state index contributed by atoms with van der Waals surface area (Å²) in [6.07, 6.45) is 4.58. The van der Waals surface area contributed by atoms with Crippen LogP contribution in [0.25, 0.3) is 5.69 Å². The van der Waals surface area contributed by atoms with Gasteiger partial charge in [0.1, 0.15) is 0 Å². The second kappa shape index (κ2) is 4.68. The molecule has 0 unspecified atom stereocenters. The fourth-order valence-electron chi connectivity index (χ4n) is 1.39. The van der Waals surface area contributed by atoms with E-state index in [0.29, 0.717) is 0 Å². The van der Waals surface area contributed by atoms with Crippen molar-refractivity contribution >= 4 is 10.0 Å². The van der Waals surface area contributed by atoms with E-state index in [-0.39, 0.29) is 6.54 Å². The van der Waals surface area contributed by atoms with Crippen molar-refractivity contribution < 1.29 is 8.42 Å². The van der Waals surface area contributed by atoms with Crippen LogP contribution in [-0.2, 0) is 16.6 Å². The van der Waals surface area contributed by atoms with Crippen LogP contribution in [0.1, 0.15) is 5.56 Å². The Morgan fingerprint density at radius 1 is 1.29 bits per heavy atom.